The lowest BCUT2D eigenvalue weighted by molar-refractivity contribution is 0.740. The van der Waals surface area contributed by atoms with Crippen molar-refractivity contribution in [1.29, 1.82) is 0 Å². The maximum absolute atomic E-state index is 4.27. The summed E-state index contributed by atoms with van der Waals surface area (Å²) in [5.41, 5.74) is 3.22. The molecule has 0 amide bonds. The molecule has 3 heteroatoms. The molecular formula is C10H11N3. The second-order valence-electron chi connectivity index (χ2n) is 2.98. The Morgan fingerprint density at radius 2 is 2.15 bits per heavy atom. The highest BCUT2D eigenvalue weighted by molar-refractivity contribution is 5.60. The summed E-state index contributed by atoms with van der Waals surface area (Å²) in [5, 5.41) is 4.17. The maximum atomic E-state index is 4.27. The summed E-state index contributed by atoms with van der Waals surface area (Å²) < 4.78 is 1.85. The number of nitrogens with zero attached hydrogens (tertiary/aromatic N) is 3. The van der Waals surface area contributed by atoms with Crippen molar-refractivity contribution in [2.45, 2.75) is 6.92 Å². The van der Waals surface area contributed by atoms with Gasteiger partial charge in [-0.1, -0.05) is 6.07 Å². The van der Waals surface area contributed by atoms with E-state index in [0.29, 0.717) is 0 Å². The Bertz CT molecular complexity index is 403. The molecule has 0 spiro atoms. The van der Waals surface area contributed by atoms with E-state index < -0.39 is 0 Å². The standard InChI is InChI=1S/C10H11N3/c1-8-9(7-12-13(8)2)10-5-3-4-6-11-10/h3-7H,1-2H3. The van der Waals surface area contributed by atoms with Crippen molar-refractivity contribution in [3.63, 3.8) is 0 Å². The van der Waals surface area contributed by atoms with Gasteiger partial charge in [0.25, 0.3) is 0 Å². The zero-order valence-corrected chi connectivity index (χ0v) is 7.73. The molecule has 2 heterocycles. The van der Waals surface area contributed by atoms with Crippen LogP contribution in [0.5, 0.6) is 0 Å². The molecule has 66 valence electrons. The Hall–Kier alpha value is -1.64. The molecule has 13 heavy (non-hydrogen) atoms. The molecule has 0 N–H and O–H groups in total. The Morgan fingerprint density at radius 1 is 1.31 bits per heavy atom. The van der Waals surface area contributed by atoms with E-state index in [2.05, 4.69) is 10.1 Å². The molecule has 0 aliphatic carbocycles. The van der Waals surface area contributed by atoms with Crippen molar-refractivity contribution in [2.75, 3.05) is 0 Å². The van der Waals surface area contributed by atoms with Gasteiger partial charge >= 0.3 is 0 Å². The molecule has 0 radical (unpaired) electrons. The van der Waals surface area contributed by atoms with Crippen LogP contribution in [0.3, 0.4) is 0 Å². The maximum Gasteiger partial charge on any atom is 0.0736 e. The van der Waals surface area contributed by atoms with Gasteiger partial charge in [0.1, 0.15) is 0 Å². The van der Waals surface area contributed by atoms with Crippen LogP contribution in [0.2, 0.25) is 0 Å². The first kappa shape index (κ1) is 7.98. The van der Waals surface area contributed by atoms with Gasteiger partial charge in [0.15, 0.2) is 0 Å². The molecular weight excluding hydrogens is 162 g/mol. The second-order valence-corrected chi connectivity index (χ2v) is 2.98. The van der Waals surface area contributed by atoms with Crippen molar-refractivity contribution >= 4 is 0 Å². The van der Waals surface area contributed by atoms with Crippen LogP contribution in [0.1, 0.15) is 5.69 Å². The van der Waals surface area contributed by atoms with Crippen LogP contribution in [0.25, 0.3) is 11.3 Å². The Balaban J connectivity index is 2.53. The average molecular weight is 173 g/mol. The summed E-state index contributed by atoms with van der Waals surface area (Å²) in [6, 6.07) is 5.88. The summed E-state index contributed by atoms with van der Waals surface area (Å²) in [6.45, 7) is 2.04. The molecule has 0 bridgehead atoms. The number of aromatic nitrogens is 3. The number of aryl methyl sites for hydroxylation is 1. The molecule has 0 fully saturated rings. The Morgan fingerprint density at radius 3 is 2.69 bits per heavy atom. The van der Waals surface area contributed by atoms with E-state index in [1.54, 1.807) is 6.20 Å². The van der Waals surface area contributed by atoms with Gasteiger partial charge in [-0.15, -0.1) is 0 Å². The summed E-state index contributed by atoms with van der Waals surface area (Å²) >= 11 is 0. The summed E-state index contributed by atoms with van der Waals surface area (Å²) in [4.78, 5) is 4.27. The van der Waals surface area contributed by atoms with E-state index in [4.69, 9.17) is 0 Å². The number of pyridine rings is 1. The average Bonchev–Trinajstić information content (AvgIpc) is 2.49. The molecule has 0 unspecified atom stereocenters. The molecule has 2 aromatic heterocycles. The number of hydrogen-bond donors (Lipinski definition) is 0. The summed E-state index contributed by atoms with van der Waals surface area (Å²) in [6.07, 6.45) is 3.64. The van der Waals surface area contributed by atoms with Gasteiger partial charge in [-0.3, -0.25) is 9.67 Å². The molecule has 2 aromatic rings. The fourth-order valence-electron chi connectivity index (χ4n) is 1.27. The predicted octanol–water partition coefficient (Wildman–Crippen LogP) is 1.79. The molecule has 2 rings (SSSR count). The van der Waals surface area contributed by atoms with E-state index in [0.717, 1.165) is 17.0 Å². The van der Waals surface area contributed by atoms with Crippen molar-refractivity contribution in [1.82, 2.24) is 14.8 Å². The molecule has 0 saturated carbocycles. The molecule has 0 aliphatic rings. The molecule has 0 saturated heterocycles. The third-order valence-corrected chi connectivity index (χ3v) is 2.18. The first-order chi connectivity index (χ1) is 6.29. The van der Waals surface area contributed by atoms with E-state index in [9.17, 15) is 0 Å². The predicted molar refractivity (Wildman–Crippen MR) is 51.2 cm³/mol. The normalized spacial score (nSPS) is 10.3. The number of rotatable bonds is 1. The van der Waals surface area contributed by atoms with E-state index in [1.807, 2.05) is 43.0 Å². The first-order valence-corrected chi connectivity index (χ1v) is 4.19. The summed E-state index contributed by atoms with van der Waals surface area (Å²) in [7, 11) is 1.93. The van der Waals surface area contributed by atoms with Crippen LogP contribution in [0.4, 0.5) is 0 Å². The van der Waals surface area contributed by atoms with Crippen molar-refractivity contribution in [3.05, 3.63) is 36.3 Å². The quantitative estimate of drug-likeness (QED) is 0.658. The highest BCUT2D eigenvalue weighted by Gasteiger charge is 2.05. The highest BCUT2D eigenvalue weighted by atomic mass is 15.3. The van der Waals surface area contributed by atoms with Crippen LogP contribution >= 0.6 is 0 Å². The Kier molecular flexibility index (Phi) is 1.85. The lowest BCUT2D eigenvalue weighted by atomic mass is 10.2. The summed E-state index contributed by atoms with van der Waals surface area (Å²) in [5.74, 6) is 0. The smallest absolute Gasteiger partial charge is 0.0736 e. The first-order valence-electron chi connectivity index (χ1n) is 4.19. The fraction of sp³-hybridized carbons (Fsp3) is 0.200. The zero-order chi connectivity index (χ0) is 9.26. The van der Waals surface area contributed by atoms with Gasteiger partial charge in [0.05, 0.1) is 11.9 Å². The van der Waals surface area contributed by atoms with Crippen molar-refractivity contribution in [3.8, 4) is 11.3 Å². The minimum absolute atomic E-state index is 0.980. The van der Waals surface area contributed by atoms with E-state index >= 15 is 0 Å². The van der Waals surface area contributed by atoms with Gasteiger partial charge in [-0.05, 0) is 19.1 Å². The minimum Gasteiger partial charge on any atom is -0.272 e. The molecule has 0 aliphatic heterocycles. The van der Waals surface area contributed by atoms with E-state index in [1.165, 1.54) is 0 Å². The van der Waals surface area contributed by atoms with Crippen LogP contribution < -0.4 is 0 Å². The van der Waals surface area contributed by atoms with Crippen molar-refractivity contribution < 1.29 is 0 Å². The second kappa shape index (κ2) is 3.01. The minimum atomic E-state index is 0.980. The lowest BCUT2D eigenvalue weighted by Crippen LogP contribution is -1.92. The largest absolute Gasteiger partial charge is 0.272 e. The van der Waals surface area contributed by atoms with Crippen LogP contribution in [0, 0.1) is 6.92 Å². The third-order valence-electron chi connectivity index (χ3n) is 2.18. The van der Waals surface area contributed by atoms with Gasteiger partial charge in [-0.2, -0.15) is 5.10 Å². The monoisotopic (exact) mass is 173 g/mol. The van der Waals surface area contributed by atoms with Crippen LogP contribution in [-0.4, -0.2) is 14.8 Å². The third kappa shape index (κ3) is 1.33. The number of hydrogen-bond acceptors (Lipinski definition) is 2. The van der Waals surface area contributed by atoms with Gasteiger partial charge in [0.2, 0.25) is 0 Å². The van der Waals surface area contributed by atoms with Crippen molar-refractivity contribution in [2.24, 2.45) is 7.05 Å². The van der Waals surface area contributed by atoms with Gasteiger partial charge < -0.3 is 0 Å². The SMILES string of the molecule is Cc1c(-c2ccccn2)cnn1C. The van der Waals surface area contributed by atoms with E-state index in [-0.39, 0.29) is 0 Å². The van der Waals surface area contributed by atoms with Crippen LogP contribution in [-0.2, 0) is 7.05 Å². The van der Waals surface area contributed by atoms with Gasteiger partial charge in [-0.25, -0.2) is 0 Å². The highest BCUT2D eigenvalue weighted by Crippen LogP contribution is 2.19. The topological polar surface area (TPSA) is 30.7 Å². The zero-order valence-electron chi connectivity index (χ0n) is 7.73. The van der Waals surface area contributed by atoms with Crippen LogP contribution in [0.15, 0.2) is 30.6 Å². The lowest BCUT2D eigenvalue weighted by Gasteiger charge is -1.98. The molecule has 0 atom stereocenters. The van der Waals surface area contributed by atoms with Gasteiger partial charge in [0, 0.05) is 24.5 Å². The molecule has 0 aromatic carbocycles. The molecule has 3 nitrogen and oxygen atoms in total. The Labute approximate surface area is 77.0 Å². The fourth-order valence-corrected chi connectivity index (χ4v) is 1.27.